The van der Waals surface area contributed by atoms with Crippen LogP contribution in [0.25, 0.3) is 0 Å². The third kappa shape index (κ3) is 14.8. The van der Waals surface area contributed by atoms with Crippen LogP contribution >= 0.6 is 0 Å². The third-order valence-electron chi connectivity index (χ3n) is 3.22. The van der Waals surface area contributed by atoms with Crippen molar-refractivity contribution >= 4 is 3.81 Å². The summed E-state index contributed by atoms with van der Waals surface area (Å²) in [6.45, 7) is 17.2. The largest absolute Gasteiger partial charge is 1.00 e. The Balaban J connectivity index is -0.000000322. The maximum atomic E-state index is 9.18. The predicted molar refractivity (Wildman–Crippen MR) is 103 cm³/mol. The van der Waals surface area contributed by atoms with Crippen LogP contribution in [0.15, 0.2) is 42.0 Å². The summed E-state index contributed by atoms with van der Waals surface area (Å²) in [7, 11) is 0. The molecule has 0 amide bonds. The van der Waals surface area contributed by atoms with Gasteiger partial charge in [-0.15, -0.1) is 6.42 Å². The van der Waals surface area contributed by atoms with Gasteiger partial charge in [0.2, 0.25) is 0 Å². The molecule has 147 valence electrons. The van der Waals surface area contributed by atoms with E-state index < -0.39 is 0 Å². The van der Waals surface area contributed by atoms with E-state index in [0.717, 1.165) is 12.0 Å². The Morgan fingerprint density at radius 2 is 1.50 bits per heavy atom. The minimum atomic E-state index is 0. The number of hydrogen-bond acceptors (Lipinski definition) is 1. The number of rotatable bonds is 0. The number of benzene rings is 1. The summed E-state index contributed by atoms with van der Waals surface area (Å²) in [6, 6.07) is 7.39. The molecule has 0 aliphatic heterocycles. The molecule has 0 atom stereocenters. The average Bonchev–Trinajstić information content (AvgIpc) is 2.91. The Hall–Kier alpha value is -0.336. The molecule has 0 unspecified atom stereocenters. The summed E-state index contributed by atoms with van der Waals surface area (Å²) in [5.74, 6) is 0.345. The van der Waals surface area contributed by atoms with Gasteiger partial charge in [0.05, 0.1) is 0 Å². The van der Waals surface area contributed by atoms with Crippen LogP contribution in [0.2, 0.25) is 0 Å². The number of allylic oxidation sites excluding steroid dienone is 4. The molecule has 0 heterocycles. The fraction of sp³-hybridized carbons (Fsp3) is 0.500. The molecule has 0 saturated carbocycles. The Morgan fingerprint density at radius 3 is 1.73 bits per heavy atom. The third-order valence-corrected chi connectivity index (χ3v) is 3.22. The van der Waals surface area contributed by atoms with Gasteiger partial charge >= 0.3 is 37.6 Å². The molecule has 0 fully saturated rings. The van der Waals surface area contributed by atoms with Crippen LogP contribution in [0.3, 0.4) is 0 Å². The molecule has 0 saturated heterocycles. The Morgan fingerprint density at radius 1 is 1.00 bits per heavy atom. The van der Waals surface area contributed by atoms with Gasteiger partial charge in [-0.25, -0.2) is 11.6 Å². The van der Waals surface area contributed by atoms with Gasteiger partial charge in [0, 0.05) is 0 Å². The molecule has 1 N–H and O–H groups in total. The van der Waals surface area contributed by atoms with E-state index in [1.807, 2.05) is 12.1 Å². The van der Waals surface area contributed by atoms with E-state index in [0.29, 0.717) is 11.2 Å². The van der Waals surface area contributed by atoms with Crippen LogP contribution < -0.4 is 24.8 Å². The Bertz CT molecular complexity index is 587. The summed E-state index contributed by atoms with van der Waals surface area (Å²) in [5.41, 5.74) is 2.94. The van der Waals surface area contributed by atoms with Gasteiger partial charge in [0.1, 0.15) is 5.75 Å². The van der Waals surface area contributed by atoms with E-state index in [9.17, 15) is 5.11 Å². The number of halogens is 2. The maximum Gasteiger partial charge on any atom is -1.00 e. The fourth-order valence-corrected chi connectivity index (χ4v) is 1.89. The van der Waals surface area contributed by atoms with Crippen molar-refractivity contribution in [1.29, 1.82) is 0 Å². The van der Waals surface area contributed by atoms with Crippen LogP contribution in [0.4, 0.5) is 0 Å². The first-order chi connectivity index (χ1) is 10.8. The van der Waals surface area contributed by atoms with Gasteiger partial charge < -0.3 is 29.9 Å². The zero-order chi connectivity index (χ0) is 19.0. The number of phenols is 1. The predicted octanol–water partition coefficient (Wildman–Crippen LogP) is 0.165. The summed E-state index contributed by atoms with van der Waals surface area (Å²) in [6.07, 6.45) is 8.63. The number of hydrogen-bond donors (Lipinski definition) is 1. The topological polar surface area (TPSA) is 20.2 Å². The molecule has 1 aliphatic rings. The van der Waals surface area contributed by atoms with Gasteiger partial charge in [-0.3, -0.25) is 6.08 Å². The van der Waals surface area contributed by atoms with Gasteiger partial charge in [0.25, 0.3) is 0 Å². The molecule has 1 aromatic rings. The summed E-state index contributed by atoms with van der Waals surface area (Å²) in [5, 5.41) is 9.18. The standard InChI is InChI=1S/C10H14O.C9H13.C3H6.2ClH.Ti/c1-10(2,3)8-5-4-6-9(11)7-8;1-9(2,3)8-6-4-5-7-8;1-3-2;;;/h4-7,11H,1-3H3;4,6H,5H2,1-3H3;1-2H3;2*1H;/q;-1;;;;+1/p-2. The van der Waals surface area contributed by atoms with E-state index in [2.05, 4.69) is 93.6 Å². The van der Waals surface area contributed by atoms with Crippen molar-refractivity contribution in [2.45, 2.75) is 67.2 Å². The first kappa shape index (κ1) is 30.4. The van der Waals surface area contributed by atoms with Crippen LogP contribution in [0.5, 0.6) is 5.75 Å². The normalized spacial score (nSPS) is 12.3. The smallest absolute Gasteiger partial charge is 1.00 e. The minimum Gasteiger partial charge on any atom is -1.00 e. The molecular weight excluding hydrogens is 399 g/mol. The SMILES string of the molecule is CC(C)(C)C1=[C-]CC=C1.CC(C)(C)c1cccc(O)c1.C[C](C)=[Ti+].[Cl-].[Cl-]. The zero-order valence-electron chi connectivity index (χ0n) is 17.4. The summed E-state index contributed by atoms with van der Waals surface area (Å²) < 4.78 is 1.42. The second-order valence-electron chi connectivity index (χ2n) is 8.25. The minimum absolute atomic E-state index is 0. The van der Waals surface area contributed by atoms with E-state index in [1.165, 1.54) is 9.38 Å². The summed E-state index contributed by atoms with van der Waals surface area (Å²) >= 11 is 2.08. The molecule has 0 spiro atoms. The van der Waals surface area contributed by atoms with Crippen molar-refractivity contribution in [3.05, 3.63) is 53.6 Å². The molecule has 0 radical (unpaired) electrons. The van der Waals surface area contributed by atoms with Crippen molar-refractivity contribution in [3.8, 4) is 5.75 Å². The Labute approximate surface area is 185 Å². The van der Waals surface area contributed by atoms with Crippen molar-refractivity contribution < 1.29 is 49.9 Å². The van der Waals surface area contributed by atoms with Crippen LogP contribution in [-0.4, -0.2) is 8.92 Å². The second-order valence-corrected chi connectivity index (χ2v) is 9.81. The molecule has 0 bridgehead atoms. The van der Waals surface area contributed by atoms with Gasteiger partial charge in [-0.2, -0.15) is 6.08 Å². The first-order valence-electron chi connectivity index (χ1n) is 8.43. The number of phenolic OH excluding ortho intramolecular Hbond substituents is 1. The molecule has 1 aromatic carbocycles. The first-order valence-corrected chi connectivity index (χ1v) is 9.21. The van der Waals surface area contributed by atoms with E-state index in [1.54, 1.807) is 12.1 Å². The van der Waals surface area contributed by atoms with E-state index >= 15 is 0 Å². The van der Waals surface area contributed by atoms with E-state index in [4.69, 9.17) is 0 Å². The second kappa shape index (κ2) is 13.8. The van der Waals surface area contributed by atoms with Crippen LogP contribution in [0, 0.1) is 11.5 Å². The zero-order valence-corrected chi connectivity index (χ0v) is 20.4. The molecule has 26 heavy (non-hydrogen) atoms. The van der Waals surface area contributed by atoms with Crippen molar-refractivity contribution in [3.63, 3.8) is 0 Å². The van der Waals surface area contributed by atoms with Crippen molar-refractivity contribution in [1.82, 2.24) is 0 Å². The van der Waals surface area contributed by atoms with E-state index in [-0.39, 0.29) is 30.2 Å². The molecule has 0 aromatic heterocycles. The molecule has 1 aliphatic carbocycles. The maximum absolute atomic E-state index is 9.18. The Kier molecular flexibility index (Phi) is 16.1. The molecule has 2 rings (SSSR count). The fourth-order valence-electron chi connectivity index (χ4n) is 1.89. The molecule has 4 heteroatoms. The van der Waals surface area contributed by atoms with Gasteiger partial charge in [-0.1, -0.05) is 53.7 Å². The van der Waals surface area contributed by atoms with Gasteiger partial charge in [-0.05, 0) is 28.5 Å². The average molecular weight is 432 g/mol. The monoisotopic (exact) mass is 431 g/mol. The molecular formula is C22H33Cl2OTi-2. The van der Waals surface area contributed by atoms with Crippen molar-refractivity contribution in [2.24, 2.45) is 5.41 Å². The number of aromatic hydroxyl groups is 1. The van der Waals surface area contributed by atoms with Crippen molar-refractivity contribution in [2.75, 3.05) is 0 Å². The summed E-state index contributed by atoms with van der Waals surface area (Å²) in [4.78, 5) is 0. The van der Waals surface area contributed by atoms with Gasteiger partial charge in [0.15, 0.2) is 0 Å². The van der Waals surface area contributed by atoms with Crippen LogP contribution in [-0.2, 0) is 25.4 Å². The quantitative estimate of drug-likeness (QED) is 0.458. The molecule has 1 nitrogen and oxygen atoms in total. The van der Waals surface area contributed by atoms with Crippen LogP contribution in [0.1, 0.15) is 67.4 Å².